The van der Waals surface area contributed by atoms with Gasteiger partial charge in [-0.2, -0.15) is 0 Å². The summed E-state index contributed by atoms with van der Waals surface area (Å²) in [7, 11) is 0. The first-order chi connectivity index (χ1) is 16.5. The van der Waals surface area contributed by atoms with Crippen molar-refractivity contribution in [1.29, 1.82) is 0 Å². The molecule has 3 aromatic heterocycles. The first kappa shape index (κ1) is 22.4. The Morgan fingerprint density at radius 2 is 2.06 bits per heavy atom. The molecule has 2 unspecified atom stereocenters. The molecule has 4 aromatic rings. The van der Waals surface area contributed by atoms with Crippen molar-refractivity contribution in [3.05, 3.63) is 64.2 Å². The molecule has 34 heavy (non-hydrogen) atoms. The second-order valence-electron chi connectivity index (χ2n) is 8.73. The molecule has 5 rings (SSSR count). The number of nitrogens with zero attached hydrogens (tertiary/aromatic N) is 4. The monoisotopic (exact) mass is 473 g/mol. The normalized spacial score (nSPS) is 18.2. The Hall–Kier alpha value is -3.39. The number of benzene rings is 1. The van der Waals surface area contributed by atoms with Gasteiger partial charge in [-0.1, -0.05) is 13.0 Å². The third-order valence-electron chi connectivity index (χ3n) is 6.42. The van der Waals surface area contributed by atoms with E-state index in [2.05, 4.69) is 19.9 Å². The lowest BCUT2D eigenvalue weighted by Crippen LogP contribution is -2.38. The zero-order valence-electron chi connectivity index (χ0n) is 19.3. The van der Waals surface area contributed by atoms with Crippen molar-refractivity contribution in [3.8, 4) is 11.5 Å². The fourth-order valence-corrected chi connectivity index (χ4v) is 5.45. The van der Waals surface area contributed by atoms with Crippen LogP contribution < -0.4 is 5.32 Å². The van der Waals surface area contributed by atoms with Gasteiger partial charge in [0, 0.05) is 30.3 Å². The van der Waals surface area contributed by atoms with Gasteiger partial charge in [0.1, 0.15) is 10.6 Å². The lowest BCUT2D eigenvalue weighted by Gasteiger charge is -2.31. The molecule has 1 saturated carbocycles. The average Bonchev–Trinajstić information content (AvgIpc) is 3.47. The van der Waals surface area contributed by atoms with Crippen LogP contribution in [0.1, 0.15) is 70.1 Å². The van der Waals surface area contributed by atoms with Crippen LogP contribution in [0.25, 0.3) is 22.6 Å². The van der Waals surface area contributed by atoms with Crippen LogP contribution in [0.3, 0.4) is 0 Å². The molecule has 174 valence electrons. The van der Waals surface area contributed by atoms with Gasteiger partial charge in [-0.15, -0.1) is 11.3 Å². The Morgan fingerprint density at radius 3 is 2.79 bits per heavy atom. The largest absolute Gasteiger partial charge is 0.348 e. The lowest BCUT2D eigenvalue weighted by molar-refractivity contribution is 0.0924. The highest BCUT2D eigenvalue weighted by Gasteiger charge is 2.29. The first-order valence-electron chi connectivity index (χ1n) is 11.7. The zero-order chi connectivity index (χ0) is 23.7. The summed E-state index contributed by atoms with van der Waals surface area (Å²) in [6.45, 7) is 3.77. The average molecular weight is 474 g/mol. The molecule has 0 bridgehead atoms. The number of amides is 1. The number of carbonyl (C=O) groups is 2. The van der Waals surface area contributed by atoms with E-state index < -0.39 is 0 Å². The van der Waals surface area contributed by atoms with Crippen LogP contribution in [0.4, 0.5) is 0 Å². The smallest absolute Gasteiger partial charge is 0.263 e. The molecule has 1 aliphatic rings. The fraction of sp³-hybridized carbons (Fsp3) is 0.346. The molecule has 1 N–H and O–H groups in total. The SMILES string of the molecule is CCC(=O)c1ccc2c(c1)nc(-c1ccccn1)n2C1CCCC(NC(=O)c2cnc(C)s2)C1. The van der Waals surface area contributed by atoms with Gasteiger partial charge >= 0.3 is 0 Å². The van der Waals surface area contributed by atoms with Gasteiger partial charge in [0.05, 0.1) is 22.2 Å². The van der Waals surface area contributed by atoms with E-state index >= 15 is 0 Å². The summed E-state index contributed by atoms with van der Waals surface area (Å²) in [5.74, 6) is 0.848. The van der Waals surface area contributed by atoms with E-state index in [-0.39, 0.29) is 23.8 Å². The maximum absolute atomic E-state index is 12.7. The minimum Gasteiger partial charge on any atom is -0.348 e. The minimum absolute atomic E-state index is 0.0561. The van der Waals surface area contributed by atoms with Crippen LogP contribution in [0.2, 0.25) is 0 Å². The van der Waals surface area contributed by atoms with E-state index in [1.807, 2.05) is 50.2 Å². The summed E-state index contributed by atoms with van der Waals surface area (Å²) in [5, 5.41) is 4.10. The maximum Gasteiger partial charge on any atom is 0.263 e. The summed E-state index contributed by atoms with van der Waals surface area (Å²) in [6, 6.07) is 11.8. The Morgan fingerprint density at radius 1 is 1.18 bits per heavy atom. The van der Waals surface area contributed by atoms with Crippen LogP contribution in [0.15, 0.2) is 48.8 Å². The van der Waals surface area contributed by atoms with Crippen molar-refractivity contribution in [2.24, 2.45) is 0 Å². The zero-order valence-corrected chi connectivity index (χ0v) is 20.1. The van der Waals surface area contributed by atoms with Crippen molar-refractivity contribution < 1.29 is 9.59 Å². The number of Topliss-reactive ketones (excluding diaryl/α,β-unsaturated/α-hetero) is 1. The molecule has 7 nitrogen and oxygen atoms in total. The number of aryl methyl sites for hydroxylation is 1. The molecule has 0 radical (unpaired) electrons. The second-order valence-corrected chi connectivity index (χ2v) is 9.97. The quantitative estimate of drug-likeness (QED) is 0.380. The van der Waals surface area contributed by atoms with Crippen molar-refractivity contribution >= 4 is 34.1 Å². The van der Waals surface area contributed by atoms with Crippen LogP contribution in [0, 0.1) is 6.92 Å². The molecular weight excluding hydrogens is 446 g/mol. The predicted molar refractivity (Wildman–Crippen MR) is 133 cm³/mol. The van der Waals surface area contributed by atoms with Crippen LogP contribution in [-0.2, 0) is 0 Å². The number of imidazole rings is 1. The molecule has 1 aromatic carbocycles. The van der Waals surface area contributed by atoms with Gasteiger partial charge in [0.15, 0.2) is 11.6 Å². The number of hydrogen-bond donors (Lipinski definition) is 1. The van der Waals surface area contributed by atoms with E-state index in [1.54, 1.807) is 12.4 Å². The van der Waals surface area contributed by atoms with Gasteiger partial charge in [-0.25, -0.2) is 9.97 Å². The topological polar surface area (TPSA) is 89.8 Å². The molecule has 1 amide bonds. The second kappa shape index (κ2) is 9.46. The molecule has 3 heterocycles. The maximum atomic E-state index is 12.7. The third kappa shape index (κ3) is 4.37. The highest BCUT2D eigenvalue weighted by atomic mass is 32.1. The Bertz CT molecular complexity index is 1340. The number of rotatable bonds is 6. The van der Waals surface area contributed by atoms with Gasteiger partial charge in [-0.05, 0) is 62.9 Å². The van der Waals surface area contributed by atoms with E-state index in [1.165, 1.54) is 11.3 Å². The Kier molecular flexibility index (Phi) is 6.24. The number of nitrogens with one attached hydrogen (secondary N) is 1. The molecule has 1 aliphatic carbocycles. The lowest BCUT2D eigenvalue weighted by atomic mass is 9.90. The number of pyridine rings is 1. The molecule has 8 heteroatoms. The molecule has 2 atom stereocenters. The summed E-state index contributed by atoms with van der Waals surface area (Å²) in [4.78, 5) is 39.4. The highest BCUT2D eigenvalue weighted by molar-refractivity contribution is 7.13. The van der Waals surface area contributed by atoms with E-state index in [9.17, 15) is 9.59 Å². The first-order valence-corrected chi connectivity index (χ1v) is 12.5. The fourth-order valence-electron chi connectivity index (χ4n) is 4.77. The summed E-state index contributed by atoms with van der Waals surface area (Å²) >= 11 is 1.42. The summed E-state index contributed by atoms with van der Waals surface area (Å²) in [6.07, 6.45) is 7.63. The van der Waals surface area contributed by atoms with Crippen molar-refractivity contribution in [3.63, 3.8) is 0 Å². The summed E-state index contributed by atoms with van der Waals surface area (Å²) < 4.78 is 2.26. The van der Waals surface area contributed by atoms with Crippen LogP contribution >= 0.6 is 11.3 Å². The molecule has 0 spiro atoms. The van der Waals surface area contributed by atoms with Crippen molar-refractivity contribution in [1.82, 2.24) is 24.8 Å². The number of ketones is 1. The molecule has 1 fully saturated rings. The van der Waals surface area contributed by atoms with Crippen molar-refractivity contribution in [2.45, 2.75) is 58.0 Å². The van der Waals surface area contributed by atoms with E-state index in [0.717, 1.165) is 53.2 Å². The van der Waals surface area contributed by atoms with Gasteiger partial charge in [0.2, 0.25) is 0 Å². The van der Waals surface area contributed by atoms with Crippen LogP contribution in [-0.4, -0.2) is 37.3 Å². The molecule has 0 saturated heterocycles. The van der Waals surface area contributed by atoms with Gasteiger partial charge < -0.3 is 9.88 Å². The molecule has 0 aliphatic heterocycles. The van der Waals surface area contributed by atoms with Gasteiger partial charge in [-0.3, -0.25) is 14.6 Å². The highest BCUT2D eigenvalue weighted by Crippen LogP contribution is 2.36. The Balaban J connectivity index is 1.49. The number of aromatic nitrogens is 4. The number of fused-ring (bicyclic) bond motifs is 1. The van der Waals surface area contributed by atoms with Gasteiger partial charge in [0.25, 0.3) is 5.91 Å². The van der Waals surface area contributed by atoms with Crippen LogP contribution in [0.5, 0.6) is 0 Å². The minimum atomic E-state index is -0.0561. The molecular formula is C26H27N5O2S. The van der Waals surface area contributed by atoms with E-state index in [0.29, 0.717) is 16.9 Å². The Labute approximate surface area is 202 Å². The standard InChI is InChI=1S/C26H27N5O2S/c1-3-23(32)17-10-11-22-21(13-17)30-25(20-9-4-5-12-27-20)31(22)19-8-6-7-18(14-19)29-26(33)24-15-28-16(2)34-24/h4-5,9-13,15,18-19H,3,6-8,14H2,1-2H3,(H,29,33). The van der Waals surface area contributed by atoms with Crippen molar-refractivity contribution in [2.75, 3.05) is 0 Å². The number of hydrogen-bond acceptors (Lipinski definition) is 6. The number of thiazole rings is 1. The van der Waals surface area contributed by atoms with E-state index in [4.69, 9.17) is 4.98 Å². The predicted octanol–water partition coefficient (Wildman–Crippen LogP) is 5.37. The number of carbonyl (C=O) groups excluding carboxylic acids is 2. The summed E-state index contributed by atoms with van der Waals surface area (Å²) in [5.41, 5.74) is 3.27. The third-order valence-corrected chi connectivity index (χ3v) is 7.33.